The molecule has 1 heterocycles. The second-order valence-electron chi connectivity index (χ2n) is 5.06. The smallest absolute Gasteiger partial charge is 0.319 e. The van der Waals surface area contributed by atoms with Gasteiger partial charge in [0.15, 0.2) is 0 Å². The van der Waals surface area contributed by atoms with Crippen LogP contribution in [-0.2, 0) is 0 Å². The molecule has 2 aromatic rings. The van der Waals surface area contributed by atoms with E-state index in [4.69, 9.17) is 5.11 Å². The molecule has 3 N–H and O–H groups in total. The summed E-state index contributed by atoms with van der Waals surface area (Å²) in [6, 6.07) is 12.5. The van der Waals surface area contributed by atoms with Gasteiger partial charge in [0.1, 0.15) is 5.69 Å². The van der Waals surface area contributed by atoms with Crippen molar-refractivity contribution in [3.05, 3.63) is 59.9 Å². The van der Waals surface area contributed by atoms with Crippen molar-refractivity contribution in [1.29, 1.82) is 0 Å². The standard InChI is InChI=1S/C18H19N3O2/c1-14(10-12-22)20-18(23)21-17-7-4-5-15(13-17)8-9-16-6-2-3-11-19-16/h2-7,11,13-14,22H,10,12H2,1H3,(H2,20,21,23)/t14-/m1/s1. The number of hydrogen-bond donors (Lipinski definition) is 3. The Morgan fingerprint density at radius 2 is 2.13 bits per heavy atom. The predicted octanol–water partition coefficient (Wildman–Crippen LogP) is 2.37. The highest BCUT2D eigenvalue weighted by atomic mass is 16.3. The first-order valence-corrected chi connectivity index (χ1v) is 7.39. The number of nitrogens with one attached hydrogen (secondary N) is 2. The molecule has 0 bridgehead atoms. The summed E-state index contributed by atoms with van der Waals surface area (Å²) in [7, 11) is 0. The zero-order valence-electron chi connectivity index (χ0n) is 12.9. The number of carbonyl (C=O) groups excluding carboxylic acids is 1. The van der Waals surface area contributed by atoms with E-state index in [2.05, 4.69) is 27.5 Å². The molecule has 0 radical (unpaired) electrons. The topological polar surface area (TPSA) is 74.2 Å². The average molecular weight is 309 g/mol. The van der Waals surface area contributed by atoms with Crippen LogP contribution < -0.4 is 10.6 Å². The molecule has 5 nitrogen and oxygen atoms in total. The van der Waals surface area contributed by atoms with Gasteiger partial charge in [0.05, 0.1) is 0 Å². The van der Waals surface area contributed by atoms with Gasteiger partial charge in [-0.1, -0.05) is 18.1 Å². The monoisotopic (exact) mass is 309 g/mol. The summed E-state index contributed by atoms with van der Waals surface area (Å²) >= 11 is 0. The number of anilines is 1. The molecule has 1 atom stereocenters. The normalized spacial score (nSPS) is 11.0. The van der Waals surface area contributed by atoms with Crippen molar-refractivity contribution in [1.82, 2.24) is 10.3 Å². The Bertz CT molecular complexity index is 705. The first kappa shape index (κ1) is 16.5. The molecule has 2 rings (SSSR count). The van der Waals surface area contributed by atoms with Crippen LogP contribution in [0.3, 0.4) is 0 Å². The Labute approximate surface area is 135 Å². The zero-order valence-corrected chi connectivity index (χ0v) is 12.9. The minimum absolute atomic E-state index is 0.0417. The second kappa shape index (κ2) is 8.57. The first-order chi connectivity index (χ1) is 11.2. The fraction of sp³-hybridized carbons (Fsp3) is 0.222. The van der Waals surface area contributed by atoms with E-state index in [0.29, 0.717) is 17.8 Å². The van der Waals surface area contributed by atoms with Crippen molar-refractivity contribution < 1.29 is 9.90 Å². The maximum absolute atomic E-state index is 11.8. The van der Waals surface area contributed by atoms with E-state index < -0.39 is 0 Å². The third-order valence-corrected chi connectivity index (χ3v) is 3.06. The molecule has 23 heavy (non-hydrogen) atoms. The lowest BCUT2D eigenvalue weighted by molar-refractivity contribution is 0.241. The second-order valence-corrected chi connectivity index (χ2v) is 5.06. The fourth-order valence-electron chi connectivity index (χ4n) is 1.90. The molecule has 0 unspecified atom stereocenters. The van der Waals surface area contributed by atoms with Gasteiger partial charge in [0, 0.05) is 30.1 Å². The van der Waals surface area contributed by atoms with Crippen LogP contribution in [-0.4, -0.2) is 28.8 Å². The van der Waals surface area contributed by atoms with Crippen molar-refractivity contribution >= 4 is 11.7 Å². The lowest BCUT2D eigenvalue weighted by Crippen LogP contribution is -2.36. The minimum atomic E-state index is -0.305. The number of urea groups is 1. The molecule has 0 aliphatic carbocycles. The molecule has 2 amide bonds. The van der Waals surface area contributed by atoms with Gasteiger partial charge in [-0.2, -0.15) is 0 Å². The highest BCUT2D eigenvalue weighted by Crippen LogP contribution is 2.10. The van der Waals surface area contributed by atoms with E-state index in [1.165, 1.54) is 0 Å². The molecule has 0 saturated heterocycles. The Morgan fingerprint density at radius 1 is 1.26 bits per heavy atom. The van der Waals surface area contributed by atoms with Crippen molar-refractivity contribution in [3.63, 3.8) is 0 Å². The van der Waals surface area contributed by atoms with E-state index in [1.54, 1.807) is 18.3 Å². The van der Waals surface area contributed by atoms with Crippen LogP contribution in [0.1, 0.15) is 24.6 Å². The van der Waals surface area contributed by atoms with Gasteiger partial charge in [0.2, 0.25) is 0 Å². The molecule has 118 valence electrons. The average Bonchev–Trinajstić information content (AvgIpc) is 2.54. The number of aliphatic hydroxyl groups excluding tert-OH is 1. The quantitative estimate of drug-likeness (QED) is 0.759. The van der Waals surface area contributed by atoms with Gasteiger partial charge in [-0.05, 0) is 49.6 Å². The van der Waals surface area contributed by atoms with Crippen molar-refractivity contribution in [3.8, 4) is 11.8 Å². The number of nitrogens with zero attached hydrogens (tertiary/aromatic N) is 1. The summed E-state index contributed by atoms with van der Waals surface area (Å²) in [6.07, 6.45) is 2.21. The van der Waals surface area contributed by atoms with Gasteiger partial charge in [0.25, 0.3) is 0 Å². The van der Waals surface area contributed by atoms with Gasteiger partial charge in [-0.25, -0.2) is 9.78 Å². The number of benzene rings is 1. The summed E-state index contributed by atoms with van der Waals surface area (Å²) in [5, 5.41) is 14.3. The maximum Gasteiger partial charge on any atom is 0.319 e. The highest BCUT2D eigenvalue weighted by Gasteiger charge is 2.06. The zero-order chi connectivity index (χ0) is 16.5. The van der Waals surface area contributed by atoms with Gasteiger partial charge >= 0.3 is 6.03 Å². The minimum Gasteiger partial charge on any atom is -0.396 e. The van der Waals surface area contributed by atoms with Crippen LogP contribution >= 0.6 is 0 Å². The number of pyridine rings is 1. The molecule has 0 aliphatic rings. The van der Waals surface area contributed by atoms with Gasteiger partial charge < -0.3 is 15.7 Å². The Morgan fingerprint density at radius 3 is 2.87 bits per heavy atom. The number of aromatic nitrogens is 1. The maximum atomic E-state index is 11.8. The van der Waals surface area contributed by atoms with Crippen molar-refractivity contribution in [2.24, 2.45) is 0 Å². The van der Waals surface area contributed by atoms with Crippen molar-refractivity contribution in [2.45, 2.75) is 19.4 Å². The highest BCUT2D eigenvalue weighted by molar-refractivity contribution is 5.89. The molecular formula is C18H19N3O2. The first-order valence-electron chi connectivity index (χ1n) is 7.39. The van der Waals surface area contributed by atoms with E-state index in [9.17, 15) is 4.79 Å². The third kappa shape index (κ3) is 5.81. The SMILES string of the molecule is C[C@H](CCO)NC(=O)Nc1cccc(C#Cc2ccccn2)c1. The van der Waals surface area contributed by atoms with Crippen LogP contribution in [0, 0.1) is 11.8 Å². The van der Waals surface area contributed by atoms with E-state index >= 15 is 0 Å². The molecule has 0 saturated carbocycles. The van der Waals surface area contributed by atoms with E-state index in [-0.39, 0.29) is 18.7 Å². The lowest BCUT2D eigenvalue weighted by atomic mass is 10.2. The Hall–Kier alpha value is -2.84. The molecule has 0 aliphatic heterocycles. The van der Waals surface area contributed by atoms with Crippen LogP contribution in [0.4, 0.5) is 10.5 Å². The fourth-order valence-corrected chi connectivity index (χ4v) is 1.90. The van der Waals surface area contributed by atoms with Crippen molar-refractivity contribution in [2.75, 3.05) is 11.9 Å². The molecular weight excluding hydrogens is 290 g/mol. The largest absolute Gasteiger partial charge is 0.396 e. The Kier molecular flexibility index (Phi) is 6.16. The molecule has 1 aromatic carbocycles. The number of hydrogen-bond acceptors (Lipinski definition) is 3. The number of carbonyl (C=O) groups is 1. The van der Waals surface area contributed by atoms with Gasteiger partial charge in [-0.3, -0.25) is 0 Å². The lowest BCUT2D eigenvalue weighted by Gasteiger charge is -2.13. The number of rotatable bonds is 4. The molecule has 0 spiro atoms. The molecule has 1 aromatic heterocycles. The van der Waals surface area contributed by atoms with E-state index in [1.807, 2.05) is 37.3 Å². The summed E-state index contributed by atoms with van der Waals surface area (Å²) < 4.78 is 0. The van der Waals surface area contributed by atoms with Crippen LogP contribution in [0.25, 0.3) is 0 Å². The third-order valence-electron chi connectivity index (χ3n) is 3.06. The molecule has 0 fully saturated rings. The molecule has 5 heteroatoms. The predicted molar refractivity (Wildman–Crippen MR) is 90.0 cm³/mol. The van der Waals surface area contributed by atoms with Crippen LogP contribution in [0.5, 0.6) is 0 Å². The van der Waals surface area contributed by atoms with Crippen LogP contribution in [0.15, 0.2) is 48.7 Å². The number of aliphatic hydroxyl groups is 1. The summed E-state index contributed by atoms with van der Waals surface area (Å²) in [4.78, 5) is 16.0. The summed E-state index contributed by atoms with van der Waals surface area (Å²) in [6.45, 7) is 1.88. The van der Waals surface area contributed by atoms with E-state index in [0.717, 1.165) is 5.56 Å². The number of amides is 2. The summed E-state index contributed by atoms with van der Waals surface area (Å²) in [5.74, 6) is 5.99. The van der Waals surface area contributed by atoms with Gasteiger partial charge in [-0.15, -0.1) is 0 Å². The summed E-state index contributed by atoms with van der Waals surface area (Å²) in [5.41, 5.74) is 2.14. The van der Waals surface area contributed by atoms with Crippen LogP contribution in [0.2, 0.25) is 0 Å². The Balaban J connectivity index is 2.00.